The third kappa shape index (κ3) is 3.36. The minimum absolute atomic E-state index is 0.305. The first-order chi connectivity index (χ1) is 13.4. The average molecular weight is 391 g/mol. The molecule has 2 aromatic carbocycles. The van der Waals surface area contributed by atoms with Crippen LogP contribution < -0.4 is 0 Å². The van der Waals surface area contributed by atoms with Crippen molar-refractivity contribution in [2.75, 3.05) is 0 Å². The first-order valence-electron chi connectivity index (χ1n) is 8.93. The lowest BCUT2D eigenvalue weighted by atomic mass is 10.0. The lowest BCUT2D eigenvalue weighted by Gasteiger charge is -2.21. The molecule has 0 spiro atoms. The Balaban J connectivity index is 1.88. The molecule has 6 heteroatoms. The van der Waals surface area contributed by atoms with Crippen molar-refractivity contribution in [1.82, 2.24) is 9.78 Å². The third-order valence-corrected chi connectivity index (χ3v) is 5.42. The van der Waals surface area contributed by atoms with E-state index in [-0.39, 0.29) is 5.97 Å². The molecule has 0 saturated carbocycles. The summed E-state index contributed by atoms with van der Waals surface area (Å²) in [6, 6.07) is 15.2. The molecule has 1 aliphatic rings. The first kappa shape index (κ1) is 18.5. The normalized spacial score (nSPS) is 12.8. The van der Waals surface area contributed by atoms with E-state index in [0.717, 1.165) is 27.4 Å². The van der Waals surface area contributed by atoms with E-state index < -0.39 is 5.60 Å². The molecule has 0 unspecified atom stereocenters. The quantitative estimate of drug-likeness (QED) is 0.613. The van der Waals surface area contributed by atoms with Gasteiger partial charge in [0.2, 0.25) is 0 Å². The van der Waals surface area contributed by atoms with E-state index in [2.05, 4.69) is 5.10 Å². The van der Waals surface area contributed by atoms with Crippen molar-refractivity contribution in [2.45, 2.75) is 37.0 Å². The number of carbonyl (C=O) groups is 1. The van der Waals surface area contributed by atoms with Crippen LogP contribution in [0, 0.1) is 0 Å². The van der Waals surface area contributed by atoms with Crippen LogP contribution >= 0.6 is 11.8 Å². The van der Waals surface area contributed by atoms with Crippen LogP contribution in [-0.4, -0.2) is 27.6 Å². The maximum Gasteiger partial charge on any atom is 0.338 e. The topological polar surface area (TPSA) is 61.2 Å². The molecule has 28 heavy (non-hydrogen) atoms. The number of para-hydroxylation sites is 1. The van der Waals surface area contributed by atoms with Crippen molar-refractivity contribution >= 4 is 24.0 Å². The molecular formula is C22H19N2O3S. The molecule has 0 bridgehead atoms. The summed E-state index contributed by atoms with van der Waals surface area (Å²) in [4.78, 5) is 25.1. The van der Waals surface area contributed by atoms with Gasteiger partial charge in [0.15, 0.2) is 0 Å². The molecule has 0 N–H and O–H groups in total. The van der Waals surface area contributed by atoms with Crippen LogP contribution in [-0.2, 0) is 15.3 Å². The van der Waals surface area contributed by atoms with Gasteiger partial charge in [-0.25, -0.2) is 9.48 Å². The zero-order chi connectivity index (χ0) is 19.9. The van der Waals surface area contributed by atoms with Crippen molar-refractivity contribution in [3.05, 3.63) is 65.4 Å². The fraction of sp³-hybridized carbons (Fsp3) is 0.227. The zero-order valence-corrected chi connectivity index (χ0v) is 16.7. The molecule has 1 aliphatic heterocycles. The SMILES string of the molecule is CC(C)(C)OC(=O)c1ccc2c(c1)-c1c(c([C]=O)nn1-c1ccccc1)CS2. The summed E-state index contributed by atoms with van der Waals surface area (Å²) in [6.45, 7) is 5.52. The Labute approximate surface area is 167 Å². The molecule has 2 heterocycles. The molecule has 1 radical (unpaired) electrons. The third-order valence-electron chi connectivity index (χ3n) is 4.32. The molecule has 0 aliphatic carbocycles. The van der Waals surface area contributed by atoms with E-state index in [4.69, 9.17) is 4.74 Å². The maximum atomic E-state index is 12.6. The van der Waals surface area contributed by atoms with Crippen LogP contribution in [0.15, 0.2) is 53.4 Å². The van der Waals surface area contributed by atoms with Gasteiger partial charge in [0.05, 0.1) is 16.9 Å². The van der Waals surface area contributed by atoms with Crippen LogP contribution in [0.25, 0.3) is 16.9 Å². The highest BCUT2D eigenvalue weighted by molar-refractivity contribution is 7.98. The van der Waals surface area contributed by atoms with Crippen molar-refractivity contribution < 1.29 is 14.3 Å². The highest BCUT2D eigenvalue weighted by Crippen LogP contribution is 2.44. The molecule has 0 saturated heterocycles. The number of rotatable bonds is 3. The minimum Gasteiger partial charge on any atom is -0.456 e. The van der Waals surface area contributed by atoms with E-state index in [9.17, 15) is 9.59 Å². The van der Waals surface area contributed by atoms with E-state index >= 15 is 0 Å². The maximum absolute atomic E-state index is 12.6. The predicted molar refractivity (Wildman–Crippen MR) is 109 cm³/mol. The van der Waals surface area contributed by atoms with E-state index in [1.165, 1.54) is 0 Å². The Morgan fingerprint density at radius 1 is 1.18 bits per heavy atom. The molecule has 3 aromatic rings. The molecular weight excluding hydrogens is 372 g/mol. The summed E-state index contributed by atoms with van der Waals surface area (Å²) in [6.07, 6.45) is 1.96. The Bertz CT molecular complexity index is 1070. The van der Waals surface area contributed by atoms with E-state index in [0.29, 0.717) is 17.0 Å². The van der Waals surface area contributed by atoms with Crippen LogP contribution in [0.1, 0.15) is 42.4 Å². The van der Waals surface area contributed by atoms with Crippen molar-refractivity contribution in [3.63, 3.8) is 0 Å². The summed E-state index contributed by atoms with van der Waals surface area (Å²) in [5.74, 6) is 0.256. The second-order valence-corrected chi connectivity index (χ2v) is 8.54. The molecule has 141 valence electrons. The van der Waals surface area contributed by atoms with E-state index in [1.54, 1.807) is 22.5 Å². The largest absolute Gasteiger partial charge is 0.456 e. The number of thioether (sulfide) groups is 1. The number of esters is 1. The Kier molecular flexibility index (Phi) is 4.59. The Morgan fingerprint density at radius 3 is 2.61 bits per heavy atom. The monoisotopic (exact) mass is 391 g/mol. The molecule has 4 rings (SSSR count). The molecule has 0 atom stereocenters. The van der Waals surface area contributed by atoms with Gasteiger partial charge >= 0.3 is 5.97 Å². The van der Waals surface area contributed by atoms with E-state index in [1.807, 2.05) is 69.5 Å². The number of fused-ring (bicyclic) bond motifs is 3. The van der Waals surface area contributed by atoms with Gasteiger partial charge < -0.3 is 4.74 Å². The van der Waals surface area contributed by atoms with Crippen molar-refractivity contribution in [2.24, 2.45) is 0 Å². The molecule has 5 nitrogen and oxygen atoms in total. The fourth-order valence-corrected chi connectivity index (χ4v) is 4.21. The van der Waals surface area contributed by atoms with Gasteiger partial charge in [-0.2, -0.15) is 5.10 Å². The van der Waals surface area contributed by atoms with Gasteiger partial charge in [0.1, 0.15) is 11.3 Å². The van der Waals surface area contributed by atoms with Gasteiger partial charge in [-0.05, 0) is 51.1 Å². The van der Waals surface area contributed by atoms with Gasteiger partial charge in [0, 0.05) is 21.8 Å². The summed E-state index contributed by atoms with van der Waals surface area (Å²) in [5.41, 5.74) is 3.58. The smallest absolute Gasteiger partial charge is 0.338 e. The van der Waals surface area contributed by atoms with Crippen molar-refractivity contribution in [1.29, 1.82) is 0 Å². The lowest BCUT2D eigenvalue weighted by molar-refractivity contribution is 0.00695. The van der Waals surface area contributed by atoms with Gasteiger partial charge in [-0.1, -0.05) is 18.2 Å². The molecule has 1 aromatic heterocycles. The average Bonchev–Trinajstić information content (AvgIpc) is 3.06. The number of benzene rings is 2. The lowest BCUT2D eigenvalue weighted by Crippen LogP contribution is -2.24. The predicted octanol–water partition coefficient (Wildman–Crippen LogP) is 4.56. The minimum atomic E-state index is -0.571. The zero-order valence-electron chi connectivity index (χ0n) is 15.9. The van der Waals surface area contributed by atoms with Gasteiger partial charge in [-0.15, -0.1) is 11.8 Å². The summed E-state index contributed by atoms with van der Waals surface area (Å²) in [5, 5.41) is 4.48. The summed E-state index contributed by atoms with van der Waals surface area (Å²) >= 11 is 1.62. The number of ether oxygens (including phenoxy) is 1. The number of aromatic nitrogens is 2. The fourth-order valence-electron chi connectivity index (χ4n) is 3.16. The molecule has 0 fully saturated rings. The standard InChI is InChI=1S/C22H19N2O3S/c1-22(2,3)27-21(26)14-9-10-19-16(11-14)20-17(13-28-19)18(12-25)23-24(20)15-7-5-4-6-8-15/h4-11H,13H2,1-3H3. The summed E-state index contributed by atoms with van der Waals surface area (Å²) in [7, 11) is 0. The highest BCUT2D eigenvalue weighted by Gasteiger charge is 2.28. The molecule has 0 amide bonds. The van der Waals surface area contributed by atoms with Gasteiger partial charge in [-0.3, -0.25) is 4.79 Å². The van der Waals surface area contributed by atoms with Crippen LogP contribution in [0.3, 0.4) is 0 Å². The van der Waals surface area contributed by atoms with Crippen LogP contribution in [0.2, 0.25) is 0 Å². The van der Waals surface area contributed by atoms with Gasteiger partial charge in [0.25, 0.3) is 6.29 Å². The van der Waals surface area contributed by atoms with Crippen LogP contribution in [0.5, 0.6) is 0 Å². The second kappa shape index (κ2) is 6.95. The number of hydrogen-bond donors (Lipinski definition) is 0. The number of nitrogens with zero attached hydrogens (tertiary/aromatic N) is 2. The second-order valence-electron chi connectivity index (χ2n) is 7.53. The van der Waals surface area contributed by atoms with Crippen LogP contribution in [0.4, 0.5) is 0 Å². The summed E-state index contributed by atoms with van der Waals surface area (Å²) < 4.78 is 7.27. The number of hydrogen-bond acceptors (Lipinski definition) is 5. The number of carbonyl (C=O) groups excluding carboxylic acids is 2. The highest BCUT2D eigenvalue weighted by atomic mass is 32.2. The Hall–Kier alpha value is -2.86. The van der Waals surface area contributed by atoms with Crippen molar-refractivity contribution in [3.8, 4) is 16.9 Å². The first-order valence-corrected chi connectivity index (χ1v) is 9.92. The Morgan fingerprint density at radius 2 is 1.93 bits per heavy atom.